The van der Waals surface area contributed by atoms with Crippen molar-refractivity contribution >= 4 is 23.4 Å². The second-order valence-electron chi connectivity index (χ2n) is 5.17. The standard InChI is InChI=1S/C14H22ClNS/c1-5-9-17-13-8-6-7-12(15)11(13)10-16-14(2,3)4/h6-8,16H,5,9-10H2,1-4H3. The Hall–Kier alpha value is -0.180. The molecule has 0 saturated heterocycles. The van der Waals surface area contributed by atoms with Crippen molar-refractivity contribution in [3.8, 4) is 0 Å². The zero-order chi connectivity index (χ0) is 12.9. The number of hydrogen-bond donors (Lipinski definition) is 1. The fourth-order valence-electron chi connectivity index (χ4n) is 1.41. The summed E-state index contributed by atoms with van der Waals surface area (Å²) in [5.74, 6) is 1.14. The van der Waals surface area contributed by atoms with Gasteiger partial charge in [-0.05, 0) is 50.6 Å². The van der Waals surface area contributed by atoms with Gasteiger partial charge < -0.3 is 5.32 Å². The quantitative estimate of drug-likeness (QED) is 0.777. The lowest BCUT2D eigenvalue weighted by Crippen LogP contribution is -2.35. The van der Waals surface area contributed by atoms with E-state index in [0.717, 1.165) is 17.3 Å². The van der Waals surface area contributed by atoms with Gasteiger partial charge in [-0.2, -0.15) is 0 Å². The Kier molecular flexibility index (Phi) is 5.84. The smallest absolute Gasteiger partial charge is 0.0462 e. The molecule has 0 fully saturated rings. The molecule has 0 atom stereocenters. The maximum absolute atomic E-state index is 6.28. The molecule has 0 unspecified atom stereocenters. The highest BCUT2D eigenvalue weighted by Gasteiger charge is 2.12. The first-order chi connectivity index (χ1) is 7.94. The molecule has 0 aromatic heterocycles. The van der Waals surface area contributed by atoms with Gasteiger partial charge >= 0.3 is 0 Å². The number of rotatable bonds is 5. The average molecular weight is 272 g/mol. The fourth-order valence-corrected chi connectivity index (χ4v) is 2.66. The van der Waals surface area contributed by atoms with E-state index in [1.165, 1.54) is 16.9 Å². The Bertz CT molecular complexity index is 358. The van der Waals surface area contributed by atoms with Gasteiger partial charge in [-0.25, -0.2) is 0 Å². The second-order valence-corrected chi connectivity index (χ2v) is 6.71. The minimum absolute atomic E-state index is 0.117. The normalized spacial score (nSPS) is 11.8. The molecule has 1 aromatic carbocycles. The molecule has 96 valence electrons. The van der Waals surface area contributed by atoms with Gasteiger partial charge in [0.05, 0.1) is 0 Å². The van der Waals surface area contributed by atoms with Crippen molar-refractivity contribution in [2.45, 2.75) is 51.1 Å². The van der Waals surface area contributed by atoms with Crippen LogP contribution in [0.3, 0.4) is 0 Å². The van der Waals surface area contributed by atoms with Crippen molar-refractivity contribution in [1.29, 1.82) is 0 Å². The number of thioether (sulfide) groups is 1. The van der Waals surface area contributed by atoms with E-state index in [-0.39, 0.29) is 5.54 Å². The zero-order valence-corrected chi connectivity index (χ0v) is 12.7. The van der Waals surface area contributed by atoms with Crippen LogP contribution in [0.1, 0.15) is 39.7 Å². The number of benzene rings is 1. The summed E-state index contributed by atoms with van der Waals surface area (Å²) in [5.41, 5.74) is 1.34. The molecule has 0 heterocycles. The minimum Gasteiger partial charge on any atom is -0.308 e. The van der Waals surface area contributed by atoms with Crippen LogP contribution in [0.5, 0.6) is 0 Å². The molecular weight excluding hydrogens is 250 g/mol. The van der Waals surface area contributed by atoms with Crippen molar-refractivity contribution in [3.63, 3.8) is 0 Å². The Labute approximate surface area is 114 Å². The highest BCUT2D eigenvalue weighted by molar-refractivity contribution is 7.99. The van der Waals surface area contributed by atoms with E-state index in [1.807, 2.05) is 23.9 Å². The van der Waals surface area contributed by atoms with E-state index in [0.29, 0.717) is 0 Å². The van der Waals surface area contributed by atoms with Crippen molar-refractivity contribution in [1.82, 2.24) is 5.32 Å². The van der Waals surface area contributed by atoms with Crippen LogP contribution >= 0.6 is 23.4 Å². The van der Waals surface area contributed by atoms with Crippen molar-refractivity contribution in [3.05, 3.63) is 28.8 Å². The Balaban J connectivity index is 2.80. The molecule has 1 N–H and O–H groups in total. The van der Waals surface area contributed by atoms with Crippen LogP contribution < -0.4 is 5.32 Å². The Morgan fingerprint density at radius 3 is 2.59 bits per heavy atom. The third-order valence-electron chi connectivity index (χ3n) is 2.33. The summed E-state index contributed by atoms with van der Waals surface area (Å²) in [6.07, 6.45) is 1.18. The molecule has 0 aliphatic rings. The summed E-state index contributed by atoms with van der Waals surface area (Å²) >= 11 is 8.17. The third kappa shape index (κ3) is 5.33. The molecule has 0 amide bonds. The monoisotopic (exact) mass is 271 g/mol. The van der Waals surface area contributed by atoms with E-state index >= 15 is 0 Å². The van der Waals surface area contributed by atoms with Gasteiger partial charge in [0.1, 0.15) is 0 Å². The molecular formula is C14H22ClNS. The first-order valence-corrected chi connectivity index (χ1v) is 7.45. The second kappa shape index (κ2) is 6.67. The van der Waals surface area contributed by atoms with Crippen LogP contribution in [-0.2, 0) is 6.54 Å². The number of hydrogen-bond acceptors (Lipinski definition) is 2. The topological polar surface area (TPSA) is 12.0 Å². The van der Waals surface area contributed by atoms with E-state index < -0.39 is 0 Å². The third-order valence-corrected chi connectivity index (χ3v) is 3.99. The lowest BCUT2D eigenvalue weighted by Gasteiger charge is -2.22. The van der Waals surface area contributed by atoms with Crippen LogP contribution in [0, 0.1) is 0 Å². The van der Waals surface area contributed by atoms with E-state index in [1.54, 1.807) is 0 Å². The number of halogens is 1. The van der Waals surface area contributed by atoms with Gasteiger partial charge in [0.2, 0.25) is 0 Å². The van der Waals surface area contributed by atoms with Crippen molar-refractivity contribution in [2.75, 3.05) is 5.75 Å². The summed E-state index contributed by atoms with van der Waals surface area (Å²) in [6, 6.07) is 6.16. The largest absolute Gasteiger partial charge is 0.308 e. The van der Waals surface area contributed by atoms with Gasteiger partial charge in [-0.15, -0.1) is 11.8 Å². The summed E-state index contributed by atoms with van der Waals surface area (Å²) in [5, 5.41) is 4.36. The van der Waals surface area contributed by atoms with Crippen LogP contribution in [0.2, 0.25) is 5.02 Å². The number of nitrogens with one attached hydrogen (secondary N) is 1. The highest BCUT2D eigenvalue weighted by atomic mass is 35.5. The molecule has 3 heteroatoms. The SMILES string of the molecule is CCCSc1cccc(Cl)c1CNC(C)(C)C. The first-order valence-electron chi connectivity index (χ1n) is 6.09. The van der Waals surface area contributed by atoms with Crippen LogP contribution in [0.15, 0.2) is 23.1 Å². The molecule has 0 aliphatic carbocycles. The molecule has 0 saturated carbocycles. The molecule has 17 heavy (non-hydrogen) atoms. The predicted molar refractivity (Wildman–Crippen MR) is 79.1 cm³/mol. The molecule has 0 bridgehead atoms. The molecule has 1 aromatic rings. The first kappa shape index (κ1) is 14.9. The summed E-state index contributed by atoms with van der Waals surface area (Å²) < 4.78 is 0. The Morgan fingerprint density at radius 2 is 2.00 bits per heavy atom. The lowest BCUT2D eigenvalue weighted by molar-refractivity contribution is 0.422. The molecule has 0 radical (unpaired) electrons. The lowest BCUT2D eigenvalue weighted by atomic mass is 10.1. The van der Waals surface area contributed by atoms with Crippen LogP contribution in [0.25, 0.3) is 0 Å². The predicted octanol–water partition coefficient (Wildman–Crippen LogP) is 4.73. The van der Waals surface area contributed by atoms with Gasteiger partial charge in [0.15, 0.2) is 0 Å². The van der Waals surface area contributed by atoms with Gasteiger partial charge in [0.25, 0.3) is 0 Å². The van der Waals surface area contributed by atoms with Crippen molar-refractivity contribution < 1.29 is 0 Å². The summed E-state index contributed by atoms with van der Waals surface area (Å²) in [6.45, 7) is 9.54. The molecule has 0 aliphatic heterocycles. The molecule has 1 rings (SSSR count). The maximum atomic E-state index is 6.28. The van der Waals surface area contributed by atoms with Crippen LogP contribution in [-0.4, -0.2) is 11.3 Å². The van der Waals surface area contributed by atoms with E-state index in [4.69, 9.17) is 11.6 Å². The summed E-state index contributed by atoms with van der Waals surface area (Å²) in [4.78, 5) is 1.30. The summed E-state index contributed by atoms with van der Waals surface area (Å²) in [7, 11) is 0. The molecule has 0 spiro atoms. The highest BCUT2D eigenvalue weighted by Crippen LogP contribution is 2.29. The van der Waals surface area contributed by atoms with E-state index in [2.05, 4.69) is 39.1 Å². The fraction of sp³-hybridized carbons (Fsp3) is 0.571. The van der Waals surface area contributed by atoms with E-state index in [9.17, 15) is 0 Å². The van der Waals surface area contributed by atoms with Crippen LogP contribution in [0.4, 0.5) is 0 Å². The van der Waals surface area contributed by atoms with Gasteiger partial charge in [-0.1, -0.05) is 24.6 Å². The van der Waals surface area contributed by atoms with Crippen molar-refractivity contribution in [2.24, 2.45) is 0 Å². The molecule has 1 nitrogen and oxygen atoms in total. The Morgan fingerprint density at radius 1 is 1.29 bits per heavy atom. The maximum Gasteiger partial charge on any atom is 0.0462 e. The van der Waals surface area contributed by atoms with Gasteiger partial charge in [-0.3, -0.25) is 0 Å². The average Bonchev–Trinajstić information content (AvgIpc) is 2.23. The van der Waals surface area contributed by atoms with Gasteiger partial charge in [0, 0.05) is 22.0 Å². The minimum atomic E-state index is 0.117. The zero-order valence-electron chi connectivity index (χ0n) is 11.1.